The molecule has 0 unspecified atom stereocenters. The Hall–Kier alpha value is -3.89. The summed E-state index contributed by atoms with van der Waals surface area (Å²) in [7, 11) is 0. The Kier molecular flexibility index (Phi) is 6.88. The summed E-state index contributed by atoms with van der Waals surface area (Å²) in [6.07, 6.45) is 5.90. The van der Waals surface area contributed by atoms with E-state index < -0.39 is 0 Å². The number of rotatable bonds is 7. The summed E-state index contributed by atoms with van der Waals surface area (Å²) in [5.74, 6) is -0.377. The first-order valence-electron chi connectivity index (χ1n) is 12.1. The van der Waals surface area contributed by atoms with E-state index in [9.17, 15) is 9.59 Å². The van der Waals surface area contributed by atoms with Crippen molar-refractivity contribution in [3.8, 4) is 0 Å². The van der Waals surface area contributed by atoms with Gasteiger partial charge in [-0.15, -0.1) is 0 Å². The molecule has 1 aliphatic heterocycles. The van der Waals surface area contributed by atoms with Gasteiger partial charge in [-0.05, 0) is 49.2 Å². The van der Waals surface area contributed by atoms with Crippen LogP contribution in [0.5, 0.6) is 0 Å². The van der Waals surface area contributed by atoms with Gasteiger partial charge in [-0.1, -0.05) is 12.1 Å². The van der Waals surface area contributed by atoms with Crippen LogP contribution in [0.2, 0.25) is 0 Å². The Balaban J connectivity index is 1.51. The van der Waals surface area contributed by atoms with E-state index in [2.05, 4.69) is 15.2 Å². The normalized spacial score (nSPS) is 14.4. The third-order valence-corrected chi connectivity index (χ3v) is 6.40. The van der Waals surface area contributed by atoms with Crippen LogP contribution in [0.25, 0.3) is 16.7 Å². The van der Waals surface area contributed by atoms with Crippen molar-refractivity contribution in [1.82, 2.24) is 29.2 Å². The van der Waals surface area contributed by atoms with E-state index in [-0.39, 0.29) is 34.4 Å². The van der Waals surface area contributed by atoms with Crippen LogP contribution in [0.3, 0.4) is 0 Å². The van der Waals surface area contributed by atoms with Gasteiger partial charge in [0.15, 0.2) is 0 Å². The number of pyridine rings is 3. The molecular formula is C26H29N7O3. The summed E-state index contributed by atoms with van der Waals surface area (Å²) >= 11 is 0. The molecule has 0 spiro atoms. The summed E-state index contributed by atoms with van der Waals surface area (Å²) < 4.78 is 8.47. The number of hydrogen-bond acceptors (Lipinski definition) is 7. The Labute approximate surface area is 207 Å². The number of carbonyl (C=O) groups is 1. The first-order valence-corrected chi connectivity index (χ1v) is 12.1. The maximum Gasteiger partial charge on any atom is 0.267 e. The number of nitrogens with one attached hydrogen (secondary N) is 2. The van der Waals surface area contributed by atoms with Crippen LogP contribution in [0.1, 0.15) is 27.9 Å². The molecule has 0 bridgehead atoms. The second kappa shape index (κ2) is 10.4. The van der Waals surface area contributed by atoms with Crippen molar-refractivity contribution in [2.24, 2.45) is 0 Å². The predicted molar refractivity (Wildman–Crippen MR) is 135 cm³/mol. The van der Waals surface area contributed by atoms with E-state index in [1.807, 2.05) is 25.1 Å². The zero-order valence-electron chi connectivity index (χ0n) is 20.2. The summed E-state index contributed by atoms with van der Waals surface area (Å²) in [5.41, 5.74) is 2.47. The highest BCUT2D eigenvalue weighted by atomic mass is 16.5. The molecule has 10 heteroatoms. The predicted octanol–water partition coefficient (Wildman–Crippen LogP) is 1.33. The molecule has 0 saturated carbocycles. The quantitative estimate of drug-likeness (QED) is 0.300. The summed E-state index contributed by atoms with van der Waals surface area (Å²) in [6.45, 7) is 6.78. The van der Waals surface area contributed by atoms with E-state index in [1.165, 1.54) is 10.5 Å². The van der Waals surface area contributed by atoms with Crippen LogP contribution >= 0.6 is 0 Å². The maximum absolute atomic E-state index is 13.5. The molecule has 1 saturated heterocycles. The molecule has 4 aromatic rings. The maximum atomic E-state index is 13.5. The minimum Gasteiger partial charge on any atom is -0.379 e. The highest BCUT2D eigenvalue weighted by Gasteiger charge is 2.18. The summed E-state index contributed by atoms with van der Waals surface area (Å²) in [4.78, 5) is 37.8. The van der Waals surface area contributed by atoms with E-state index in [0.717, 1.165) is 50.4 Å². The molecule has 0 atom stereocenters. The molecule has 1 amide bonds. The van der Waals surface area contributed by atoms with Gasteiger partial charge in [-0.3, -0.25) is 29.3 Å². The summed E-state index contributed by atoms with van der Waals surface area (Å²) in [6, 6.07) is 8.87. The second-order valence-corrected chi connectivity index (χ2v) is 9.01. The Morgan fingerprint density at radius 1 is 1.22 bits per heavy atom. The third-order valence-electron chi connectivity index (χ3n) is 6.40. The number of fused-ring (bicyclic) bond motifs is 2. The first-order chi connectivity index (χ1) is 17.5. The molecule has 5 rings (SSSR count). The van der Waals surface area contributed by atoms with Crippen molar-refractivity contribution in [3.05, 3.63) is 81.5 Å². The minimum atomic E-state index is -0.377. The fourth-order valence-corrected chi connectivity index (χ4v) is 4.47. The third kappa shape index (κ3) is 4.91. The van der Waals surface area contributed by atoms with Crippen LogP contribution in [0.4, 0.5) is 0 Å². The fourth-order valence-electron chi connectivity index (χ4n) is 4.47. The van der Waals surface area contributed by atoms with Crippen molar-refractivity contribution >= 4 is 22.6 Å². The number of hydrogen-bond donors (Lipinski definition) is 2. The molecular weight excluding hydrogens is 458 g/mol. The molecule has 4 aromatic heterocycles. The first kappa shape index (κ1) is 23.8. The van der Waals surface area contributed by atoms with Gasteiger partial charge in [0.1, 0.15) is 16.8 Å². The fraction of sp³-hybridized carbons (Fsp3) is 0.346. The molecule has 1 aliphatic rings. The Morgan fingerprint density at radius 3 is 2.83 bits per heavy atom. The van der Waals surface area contributed by atoms with Crippen LogP contribution in [0.15, 0.2) is 53.7 Å². The Morgan fingerprint density at radius 2 is 2.06 bits per heavy atom. The van der Waals surface area contributed by atoms with Crippen molar-refractivity contribution < 1.29 is 9.53 Å². The molecule has 0 radical (unpaired) electrons. The topological polar surface area (TPSA) is 118 Å². The smallest absolute Gasteiger partial charge is 0.267 e. The number of carbonyl (C=O) groups excluding carboxylic acids is 1. The second-order valence-electron chi connectivity index (χ2n) is 9.01. The molecule has 186 valence electrons. The largest absolute Gasteiger partial charge is 0.379 e. The number of aryl methyl sites for hydroxylation is 1. The average Bonchev–Trinajstić information content (AvgIpc) is 2.90. The lowest BCUT2D eigenvalue weighted by Gasteiger charge is -2.26. The number of morpholine rings is 1. The standard InChI is InChI=1S/C26H29N7O3/c1-18-5-6-22-30-24-21(26(35)32(22)16-18)14-20(23(27)33(24)17-19-4-2-7-28-15-19)25(34)29-8-3-9-31-10-12-36-13-11-31/h2,4-7,14-16,27H,3,8-13,17H2,1H3,(H,29,34). The zero-order chi connectivity index (χ0) is 25.1. The molecule has 5 heterocycles. The average molecular weight is 488 g/mol. The number of amides is 1. The molecule has 36 heavy (non-hydrogen) atoms. The van der Waals surface area contributed by atoms with Crippen LogP contribution < -0.4 is 16.4 Å². The number of aromatic nitrogens is 4. The van der Waals surface area contributed by atoms with Crippen LogP contribution in [0, 0.1) is 12.3 Å². The lowest BCUT2D eigenvalue weighted by atomic mass is 10.1. The highest BCUT2D eigenvalue weighted by molar-refractivity contribution is 5.96. The minimum absolute atomic E-state index is 0.000365. The molecule has 10 nitrogen and oxygen atoms in total. The Bertz CT molecular complexity index is 1520. The highest BCUT2D eigenvalue weighted by Crippen LogP contribution is 2.13. The van der Waals surface area contributed by atoms with E-state index in [0.29, 0.717) is 17.8 Å². The molecule has 0 aromatic carbocycles. The van der Waals surface area contributed by atoms with Crippen molar-refractivity contribution in [3.63, 3.8) is 0 Å². The van der Waals surface area contributed by atoms with Crippen molar-refractivity contribution in [1.29, 1.82) is 5.41 Å². The number of ether oxygens (including phenoxy) is 1. The van der Waals surface area contributed by atoms with E-state index >= 15 is 0 Å². The molecule has 0 aliphatic carbocycles. The lowest BCUT2D eigenvalue weighted by Crippen LogP contribution is -2.39. The molecule has 2 N–H and O–H groups in total. The van der Waals surface area contributed by atoms with Crippen molar-refractivity contribution in [2.45, 2.75) is 19.9 Å². The van der Waals surface area contributed by atoms with E-state index in [4.69, 9.17) is 15.1 Å². The van der Waals surface area contributed by atoms with Gasteiger partial charge in [0, 0.05) is 38.2 Å². The van der Waals surface area contributed by atoms with Crippen LogP contribution in [-0.2, 0) is 11.3 Å². The van der Waals surface area contributed by atoms with Gasteiger partial charge in [0.25, 0.3) is 11.5 Å². The summed E-state index contributed by atoms with van der Waals surface area (Å²) in [5, 5.41) is 12.1. The van der Waals surface area contributed by atoms with E-state index in [1.54, 1.807) is 29.2 Å². The molecule has 1 fully saturated rings. The van der Waals surface area contributed by atoms with Gasteiger partial charge >= 0.3 is 0 Å². The van der Waals surface area contributed by atoms with Gasteiger partial charge in [-0.2, -0.15) is 0 Å². The lowest BCUT2D eigenvalue weighted by molar-refractivity contribution is 0.0374. The SMILES string of the molecule is Cc1ccc2nc3c(cc(C(=O)NCCCN4CCOCC4)c(=N)n3Cc3cccnc3)c(=O)n2c1. The van der Waals surface area contributed by atoms with Gasteiger partial charge < -0.3 is 14.6 Å². The van der Waals surface area contributed by atoms with Crippen molar-refractivity contribution in [2.75, 3.05) is 39.4 Å². The van der Waals surface area contributed by atoms with Gasteiger partial charge in [0.05, 0.1) is 30.7 Å². The zero-order valence-corrected chi connectivity index (χ0v) is 20.2. The van der Waals surface area contributed by atoms with Gasteiger partial charge in [-0.25, -0.2) is 4.98 Å². The van der Waals surface area contributed by atoms with Gasteiger partial charge in [0.2, 0.25) is 0 Å². The monoisotopic (exact) mass is 487 g/mol. The number of nitrogens with zero attached hydrogens (tertiary/aromatic N) is 5. The van der Waals surface area contributed by atoms with Crippen LogP contribution in [-0.4, -0.2) is 69.1 Å².